The van der Waals surface area contributed by atoms with Gasteiger partial charge in [-0.25, -0.2) is 9.78 Å². The summed E-state index contributed by atoms with van der Waals surface area (Å²) in [6.45, 7) is 7.78. The molecule has 6 nitrogen and oxygen atoms in total. The molecule has 3 N–H and O–H groups in total. The Hall–Kier alpha value is -2.41. The van der Waals surface area contributed by atoms with Crippen LogP contribution < -0.4 is 10.6 Å². The predicted molar refractivity (Wildman–Crippen MR) is 107 cm³/mol. The quantitative estimate of drug-likeness (QED) is 0.641. The SMILES string of the molecule is Cc1nc(C(C)(C)NC(=O)NC(CCC(=O)O)Cc2ccccc2)sc1C. The number of nitrogens with zero attached hydrogens (tertiary/aromatic N) is 1. The Kier molecular flexibility index (Phi) is 6.96. The third-order valence-electron chi connectivity index (χ3n) is 4.36. The lowest BCUT2D eigenvalue weighted by Gasteiger charge is -2.26. The number of hydrogen-bond donors (Lipinski definition) is 3. The van der Waals surface area contributed by atoms with Crippen LogP contribution in [0, 0.1) is 13.8 Å². The standard InChI is InChI=1S/C20H27N3O3S/c1-13-14(2)27-18(21-13)20(3,4)23-19(26)22-16(10-11-17(24)25)12-15-8-6-5-7-9-15/h5-9,16H,10-12H2,1-4H3,(H,24,25)(H2,22,23,26). The van der Waals surface area contributed by atoms with E-state index in [-0.39, 0.29) is 18.5 Å². The van der Waals surface area contributed by atoms with Gasteiger partial charge < -0.3 is 15.7 Å². The molecule has 0 aliphatic heterocycles. The second kappa shape index (κ2) is 8.99. The van der Waals surface area contributed by atoms with Gasteiger partial charge in [-0.1, -0.05) is 30.3 Å². The Labute approximate surface area is 164 Å². The number of aliphatic carboxylic acids is 1. The summed E-state index contributed by atoms with van der Waals surface area (Å²) in [6, 6.07) is 9.14. The molecule has 0 spiro atoms. The molecule has 2 aromatic rings. The normalized spacial score (nSPS) is 12.4. The Morgan fingerprint density at radius 1 is 1.22 bits per heavy atom. The number of rotatable bonds is 8. The highest BCUT2D eigenvalue weighted by atomic mass is 32.1. The molecule has 1 aromatic carbocycles. The largest absolute Gasteiger partial charge is 0.481 e. The van der Waals surface area contributed by atoms with Crippen molar-refractivity contribution in [2.45, 2.75) is 58.5 Å². The van der Waals surface area contributed by atoms with Gasteiger partial charge in [0.1, 0.15) is 5.01 Å². The van der Waals surface area contributed by atoms with Crippen molar-refractivity contribution in [2.75, 3.05) is 0 Å². The third-order valence-corrected chi connectivity index (χ3v) is 5.75. The van der Waals surface area contributed by atoms with Gasteiger partial charge in [-0.2, -0.15) is 0 Å². The average molecular weight is 390 g/mol. The molecule has 7 heteroatoms. The molecule has 0 saturated heterocycles. The molecular weight excluding hydrogens is 362 g/mol. The van der Waals surface area contributed by atoms with Gasteiger partial charge in [-0.05, 0) is 46.1 Å². The molecule has 0 radical (unpaired) electrons. The van der Waals surface area contributed by atoms with Gasteiger partial charge >= 0.3 is 12.0 Å². The van der Waals surface area contributed by atoms with Crippen molar-refractivity contribution in [1.82, 2.24) is 15.6 Å². The molecule has 1 heterocycles. The van der Waals surface area contributed by atoms with Gasteiger partial charge in [-0.3, -0.25) is 4.79 Å². The lowest BCUT2D eigenvalue weighted by atomic mass is 10.0. The number of thiazole rings is 1. The second-order valence-electron chi connectivity index (χ2n) is 7.20. The fourth-order valence-electron chi connectivity index (χ4n) is 2.72. The van der Waals surface area contributed by atoms with E-state index < -0.39 is 11.5 Å². The highest BCUT2D eigenvalue weighted by molar-refractivity contribution is 7.11. The van der Waals surface area contributed by atoms with Gasteiger partial charge in [0.2, 0.25) is 0 Å². The summed E-state index contributed by atoms with van der Waals surface area (Å²) >= 11 is 1.57. The molecule has 27 heavy (non-hydrogen) atoms. The van der Waals surface area contributed by atoms with Gasteiger partial charge in [0, 0.05) is 17.3 Å². The van der Waals surface area contributed by atoms with Crippen molar-refractivity contribution >= 4 is 23.3 Å². The highest BCUT2D eigenvalue weighted by Gasteiger charge is 2.28. The molecule has 146 valence electrons. The zero-order valence-corrected chi connectivity index (χ0v) is 17.0. The molecule has 2 rings (SSSR count). The van der Waals surface area contributed by atoms with E-state index in [1.807, 2.05) is 58.0 Å². The topological polar surface area (TPSA) is 91.3 Å². The second-order valence-corrected chi connectivity index (χ2v) is 8.41. The number of carboxylic acid groups (broad SMARTS) is 1. The van der Waals surface area contributed by atoms with Crippen LogP contribution >= 0.6 is 11.3 Å². The van der Waals surface area contributed by atoms with Crippen LogP contribution in [0.5, 0.6) is 0 Å². The van der Waals surface area contributed by atoms with E-state index in [1.165, 1.54) is 0 Å². The Morgan fingerprint density at radius 2 is 1.89 bits per heavy atom. The number of aromatic nitrogens is 1. The Balaban J connectivity index is 2.03. The molecule has 0 bridgehead atoms. The predicted octanol–water partition coefficient (Wildman–Crippen LogP) is 3.77. The van der Waals surface area contributed by atoms with Gasteiger partial charge in [0.05, 0.1) is 11.2 Å². The number of aryl methyl sites for hydroxylation is 2. The molecule has 1 atom stereocenters. The minimum absolute atomic E-state index is 0.00599. The lowest BCUT2D eigenvalue weighted by Crippen LogP contribution is -2.50. The van der Waals surface area contributed by atoms with E-state index in [9.17, 15) is 9.59 Å². The zero-order valence-electron chi connectivity index (χ0n) is 16.2. The maximum atomic E-state index is 12.6. The monoisotopic (exact) mass is 389 g/mol. The van der Waals surface area contributed by atoms with Crippen LogP contribution in [0.25, 0.3) is 0 Å². The number of benzene rings is 1. The van der Waals surface area contributed by atoms with Crippen molar-refractivity contribution < 1.29 is 14.7 Å². The van der Waals surface area contributed by atoms with E-state index in [0.29, 0.717) is 12.8 Å². The van der Waals surface area contributed by atoms with E-state index in [4.69, 9.17) is 5.11 Å². The van der Waals surface area contributed by atoms with Gasteiger partial charge in [0.15, 0.2) is 0 Å². The minimum Gasteiger partial charge on any atom is -0.481 e. The third kappa shape index (κ3) is 6.36. The first-order chi connectivity index (χ1) is 12.7. The van der Waals surface area contributed by atoms with E-state index in [2.05, 4.69) is 15.6 Å². The van der Waals surface area contributed by atoms with Crippen molar-refractivity contribution in [1.29, 1.82) is 0 Å². The summed E-state index contributed by atoms with van der Waals surface area (Å²) in [5.74, 6) is -0.871. The van der Waals surface area contributed by atoms with Crippen molar-refractivity contribution in [3.63, 3.8) is 0 Å². The molecule has 0 saturated carbocycles. The van der Waals surface area contributed by atoms with Crippen LogP contribution in [-0.4, -0.2) is 28.1 Å². The summed E-state index contributed by atoms with van der Waals surface area (Å²) in [5, 5.41) is 15.7. The molecular formula is C20H27N3O3S. The van der Waals surface area contributed by atoms with Crippen LogP contribution in [0.15, 0.2) is 30.3 Å². The molecule has 0 aliphatic rings. The molecule has 1 unspecified atom stereocenters. The van der Waals surface area contributed by atoms with Gasteiger partial charge in [0.25, 0.3) is 0 Å². The first-order valence-electron chi connectivity index (χ1n) is 8.96. The van der Waals surface area contributed by atoms with Crippen LogP contribution in [0.4, 0.5) is 4.79 Å². The Morgan fingerprint density at radius 3 is 2.44 bits per heavy atom. The maximum Gasteiger partial charge on any atom is 0.315 e. The van der Waals surface area contributed by atoms with Crippen LogP contribution in [0.2, 0.25) is 0 Å². The van der Waals surface area contributed by atoms with Crippen molar-refractivity contribution in [3.05, 3.63) is 51.5 Å². The fourth-order valence-corrected chi connectivity index (χ4v) is 3.69. The maximum absolute atomic E-state index is 12.6. The first-order valence-corrected chi connectivity index (χ1v) is 9.78. The summed E-state index contributed by atoms with van der Waals surface area (Å²) in [4.78, 5) is 29.2. The summed E-state index contributed by atoms with van der Waals surface area (Å²) < 4.78 is 0. The van der Waals surface area contributed by atoms with Crippen LogP contribution in [0.1, 0.15) is 47.8 Å². The van der Waals surface area contributed by atoms with Crippen molar-refractivity contribution in [2.24, 2.45) is 0 Å². The van der Waals surface area contributed by atoms with Crippen LogP contribution in [0.3, 0.4) is 0 Å². The number of carbonyl (C=O) groups excluding carboxylic acids is 1. The summed E-state index contributed by atoms with van der Waals surface area (Å²) in [5.41, 5.74) is 1.41. The Bertz CT molecular complexity index is 768. The average Bonchev–Trinajstić information content (AvgIpc) is 2.93. The highest BCUT2D eigenvalue weighted by Crippen LogP contribution is 2.27. The van der Waals surface area contributed by atoms with E-state index in [0.717, 1.165) is 21.1 Å². The number of nitrogens with one attached hydrogen (secondary N) is 2. The number of amides is 2. The van der Waals surface area contributed by atoms with Crippen molar-refractivity contribution in [3.8, 4) is 0 Å². The first kappa shape index (κ1) is 20.9. The molecule has 1 aromatic heterocycles. The van der Waals surface area contributed by atoms with Gasteiger partial charge in [-0.15, -0.1) is 11.3 Å². The zero-order chi connectivity index (χ0) is 20.0. The summed E-state index contributed by atoms with van der Waals surface area (Å²) in [6.07, 6.45) is 0.955. The smallest absolute Gasteiger partial charge is 0.315 e. The lowest BCUT2D eigenvalue weighted by molar-refractivity contribution is -0.137. The number of hydrogen-bond acceptors (Lipinski definition) is 4. The fraction of sp³-hybridized carbons (Fsp3) is 0.450. The van der Waals surface area contributed by atoms with Crippen LogP contribution in [-0.2, 0) is 16.8 Å². The molecule has 0 aliphatic carbocycles. The van der Waals surface area contributed by atoms with E-state index in [1.54, 1.807) is 11.3 Å². The number of carbonyl (C=O) groups is 2. The minimum atomic E-state index is -0.871. The summed E-state index contributed by atoms with van der Waals surface area (Å²) in [7, 11) is 0. The molecule has 0 fully saturated rings. The number of carboxylic acids is 1. The van der Waals surface area contributed by atoms with E-state index >= 15 is 0 Å². The molecule has 2 amide bonds. The number of urea groups is 1.